The van der Waals surface area contributed by atoms with Crippen LogP contribution in [0.15, 0.2) is 0 Å². The van der Waals surface area contributed by atoms with Crippen LogP contribution in [0.2, 0.25) is 0 Å². The molecule has 0 aromatic carbocycles. The number of methoxy groups -OCH3 is 1. The van der Waals surface area contributed by atoms with Crippen molar-refractivity contribution in [2.45, 2.75) is 39.2 Å². The largest absolute Gasteiger partial charge is 0.390 e. The average Bonchev–Trinajstić information content (AvgIpc) is 2.04. The van der Waals surface area contributed by atoms with E-state index in [0.29, 0.717) is 13.2 Å². The van der Waals surface area contributed by atoms with Gasteiger partial charge in [-0.1, -0.05) is 13.8 Å². The summed E-state index contributed by atoms with van der Waals surface area (Å²) in [6.45, 7) is 7.00. The Hall–Kier alpha value is -0.120. The summed E-state index contributed by atoms with van der Waals surface area (Å²) in [7, 11) is 1.67. The van der Waals surface area contributed by atoms with E-state index in [1.165, 1.54) is 0 Å². The molecule has 0 heterocycles. The highest BCUT2D eigenvalue weighted by atomic mass is 16.5. The van der Waals surface area contributed by atoms with Gasteiger partial charge in [0, 0.05) is 25.7 Å². The minimum Gasteiger partial charge on any atom is -0.390 e. The van der Waals surface area contributed by atoms with Crippen LogP contribution in [-0.4, -0.2) is 31.0 Å². The summed E-state index contributed by atoms with van der Waals surface area (Å²) in [6, 6.07) is 0. The lowest BCUT2D eigenvalue weighted by Crippen LogP contribution is -2.46. The predicted octanol–water partition coefficient (Wildman–Crippen LogP) is 1.15. The molecule has 0 radical (unpaired) electrons. The van der Waals surface area contributed by atoms with Crippen LogP contribution >= 0.6 is 0 Å². The fourth-order valence-electron chi connectivity index (χ4n) is 1.12. The second-order valence-electron chi connectivity index (χ2n) is 4.46. The molecule has 0 amide bonds. The Kier molecular flexibility index (Phi) is 4.89. The first-order chi connectivity index (χ1) is 5.87. The standard InChI is InChI=1S/C10H23NO2/c1-9(2,8-11)10(3,12)6-5-7-13-4/h12H,5-8,11H2,1-4H3. The molecule has 1 atom stereocenters. The summed E-state index contributed by atoms with van der Waals surface area (Å²) in [5, 5.41) is 10.1. The molecule has 0 spiro atoms. The highest BCUT2D eigenvalue weighted by Gasteiger charge is 2.37. The van der Waals surface area contributed by atoms with Crippen molar-refractivity contribution in [3.05, 3.63) is 0 Å². The predicted molar refractivity (Wildman–Crippen MR) is 54.6 cm³/mol. The van der Waals surface area contributed by atoms with Gasteiger partial charge in [-0.2, -0.15) is 0 Å². The fraction of sp³-hybridized carbons (Fsp3) is 1.00. The van der Waals surface area contributed by atoms with E-state index in [-0.39, 0.29) is 5.41 Å². The molecule has 13 heavy (non-hydrogen) atoms. The van der Waals surface area contributed by atoms with Crippen molar-refractivity contribution in [1.82, 2.24) is 0 Å². The molecule has 1 unspecified atom stereocenters. The van der Waals surface area contributed by atoms with Crippen molar-refractivity contribution < 1.29 is 9.84 Å². The number of hydrogen-bond donors (Lipinski definition) is 2. The third-order valence-corrected chi connectivity index (χ3v) is 2.98. The number of ether oxygens (including phenoxy) is 1. The Morgan fingerprint density at radius 3 is 2.23 bits per heavy atom. The maximum Gasteiger partial charge on any atom is 0.0683 e. The molecule has 3 nitrogen and oxygen atoms in total. The van der Waals surface area contributed by atoms with E-state index < -0.39 is 5.60 Å². The Balaban J connectivity index is 4.06. The van der Waals surface area contributed by atoms with Crippen molar-refractivity contribution in [3.63, 3.8) is 0 Å². The second-order valence-corrected chi connectivity index (χ2v) is 4.46. The number of rotatable bonds is 6. The number of aliphatic hydroxyl groups is 1. The minimum absolute atomic E-state index is 0.235. The van der Waals surface area contributed by atoms with Gasteiger partial charge in [0.05, 0.1) is 5.60 Å². The molecule has 0 saturated carbocycles. The second kappa shape index (κ2) is 4.94. The van der Waals surface area contributed by atoms with Gasteiger partial charge in [0.1, 0.15) is 0 Å². The lowest BCUT2D eigenvalue weighted by atomic mass is 9.73. The Morgan fingerprint density at radius 2 is 1.85 bits per heavy atom. The SMILES string of the molecule is COCCCC(C)(O)C(C)(C)CN. The van der Waals surface area contributed by atoms with Gasteiger partial charge in [-0.15, -0.1) is 0 Å². The van der Waals surface area contributed by atoms with Gasteiger partial charge in [0.25, 0.3) is 0 Å². The molecule has 0 rings (SSSR count). The first-order valence-electron chi connectivity index (χ1n) is 4.79. The molecule has 0 fully saturated rings. The zero-order valence-electron chi connectivity index (χ0n) is 9.26. The minimum atomic E-state index is -0.708. The summed E-state index contributed by atoms with van der Waals surface area (Å²) >= 11 is 0. The molecule has 3 heteroatoms. The highest BCUT2D eigenvalue weighted by Crippen LogP contribution is 2.33. The van der Waals surface area contributed by atoms with Crippen molar-refractivity contribution >= 4 is 0 Å². The molecular formula is C10H23NO2. The van der Waals surface area contributed by atoms with E-state index in [9.17, 15) is 5.11 Å². The Bertz CT molecular complexity index is 144. The van der Waals surface area contributed by atoms with Gasteiger partial charge in [-0.25, -0.2) is 0 Å². The van der Waals surface area contributed by atoms with Crippen molar-refractivity contribution in [3.8, 4) is 0 Å². The quantitative estimate of drug-likeness (QED) is 0.616. The average molecular weight is 189 g/mol. The molecule has 3 N–H and O–H groups in total. The third-order valence-electron chi connectivity index (χ3n) is 2.98. The maximum absolute atomic E-state index is 10.1. The Morgan fingerprint density at radius 1 is 1.31 bits per heavy atom. The highest BCUT2D eigenvalue weighted by molar-refractivity contribution is 4.90. The normalized spacial score (nSPS) is 17.1. The lowest BCUT2D eigenvalue weighted by molar-refractivity contribution is -0.0572. The number of hydrogen-bond acceptors (Lipinski definition) is 3. The molecule has 0 saturated heterocycles. The Labute approximate surface area is 81.3 Å². The summed E-state index contributed by atoms with van der Waals surface area (Å²) in [5.41, 5.74) is 4.66. The summed E-state index contributed by atoms with van der Waals surface area (Å²) in [4.78, 5) is 0. The third kappa shape index (κ3) is 3.63. The first-order valence-corrected chi connectivity index (χ1v) is 4.79. The lowest BCUT2D eigenvalue weighted by Gasteiger charge is -2.39. The van der Waals surface area contributed by atoms with Crippen LogP contribution in [0, 0.1) is 5.41 Å². The van der Waals surface area contributed by atoms with Crippen LogP contribution in [-0.2, 0) is 4.74 Å². The van der Waals surface area contributed by atoms with E-state index in [4.69, 9.17) is 10.5 Å². The van der Waals surface area contributed by atoms with Gasteiger partial charge in [-0.3, -0.25) is 0 Å². The van der Waals surface area contributed by atoms with E-state index in [2.05, 4.69) is 0 Å². The number of nitrogens with two attached hydrogens (primary N) is 1. The molecule has 0 aliphatic heterocycles. The van der Waals surface area contributed by atoms with E-state index in [1.54, 1.807) is 7.11 Å². The van der Waals surface area contributed by atoms with Crippen LogP contribution in [0.4, 0.5) is 0 Å². The molecule has 80 valence electrons. The maximum atomic E-state index is 10.1. The van der Waals surface area contributed by atoms with Crippen LogP contribution < -0.4 is 5.73 Å². The van der Waals surface area contributed by atoms with E-state index in [0.717, 1.165) is 12.8 Å². The molecular weight excluding hydrogens is 166 g/mol. The van der Waals surface area contributed by atoms with Crippen molar-refractivity contribution in [1.29, 1.82) is 0 Å². The molecule has 0 aliphatic carbocycles. The van der Waals surface area contributed by atoms with Gasteiger partial charge in [0.15, 0.2) is 0 Å². The van der Waals surface area contributed by atoms with Gasteiger partial charge < -0.3 is 15.6 Å². The van der Waals surface area contributed by atoms with Gasteiger partial charge in [-0.05, 0) is 19.8 Å². The van der Waals surface area contributed by atoms with Gasteiger partial charge in [0.2, 0.25) is 0 Å². The molecule has 0 aromatic rings. The van der Waals surface area contributed by atoms with E-state index >= 15 is 0 Å². The van der Waals surface area contributed by atoms with Crippen molar-refractivity contribution in [2.75, 3.05) is 20.3 Å². The summed E-state index contributed by atoms with van der Waals surface area (Å²) in [5.74, 6) is 0. The van der Waals surface area contributed by atoms with Crippen LogP contribution in [0.5, 0.6) is 0 Å². The molecule has 0 aromatic heterocycles. The first kappa shape index (κ1) is 12.9. The fourth-order valence-corrected chi connectivity index (χ4v) is 1.12. The molecule has 0 bridgehead atoms. The van der Waals surface area contributed by atoms with Gasteiger partial charge >= 0.3 is 0 Å². The van der Waals surface area contributed by atoms with Crippen LogP contribution in [0.3, 0.4) is 0 Å². The zero-order chi connectivity index (χ0) is 10.5. The summed E-state index contributed by atoms with van der Waals surface area (Å²) in [6.07, 6.45) is 1.60. The summed E-state index contributed by atoms with van der Waals surface area (Å²) < 4.78 is 4.94. The van der Waals surface area contributed by atoms with Crippen molar-refractivity contribution in [2.24, 2.45) is 11.1 Å². The topological polar surface area (TPSA) is 55.5 Å². The van der Waals surface area contributed by atoms with E-state index in [1.807, 2.05) is 20.8 Å². The van der Waals surface area contributed by atoms with Crippen LogP contribution in [0.25, 0.3) is 0 Å². The molecule has 0 aliphatic rings. The smallest absolute Gasteiger partial charge is 0.0683 e. The zero-order valence-corrected chi connectivity index (χ0v) is 9.26. The monoisotopic (exact) mass is 189 g/mol. The van der Waals surface area contributed by atoms with Crippen LogP contribution in [0.1, 0.15) is 33.6 Å².